The van der Waals surface area contributed by atoms with E-state index in [2.05, 4.69) is 5.32 Å². The largest absolute Gasteiger partial charge is 0.416 e. The molecule has 1 N–H and O–H groups in total. The number of carbonyl (C=O) groups is 2. The molecular weight excluding hydrogens is 409 g/mol. The number of imide groups is 1. The Bertz CT molecular complexity index is 943. The number of urea groups is 1. The Morgan fingerprint density at radius 2 is 1.65 bits per heavy atom. The van der Waals surface area contributed by atoms with Crippen molar-refractivity contribution in [2.75, 3.05) is 37.7 Å². The Kier molecular flexibility index (Phi) is 5.86. The van der Waals surface area contributed by atoms with Crippen molar-refractivity contribution >= 4 is 17.6 Å². The van der Waals surface area contributed by atoms with E-state index in [9.17, 15) is 22.8 Å². The summed E-state index contributed by atoms with van der Waals surface area (Å²) in [5.41, 5.74) is 0.821. The lowest BCUT2D eigenvalue weighted by Crippen LogP contribution is -2.51. The van der Waals surface area contributed by atoms with Crippen LogP contribution < -0.4 is 10.2 Å². The molecule has 2 aromatic rings. The summed E-state index contributed by atoms with van der Waals surface area (Å²) in [6.07, 6.45) is -3.94. The Hall–Kier alpha value is -3.07. The molecule has 2 saturated heterocycles. The molecule has 164 valence electrons. The first-order valence-electron chi connectivity index (χ1n) is 10.1. The highest BCUT2D eigenvalue weighted by molar-refractivity contribution is 6.04. The fraction of sp³-hybridized carbons (Fsp3) is 0.364. The number of benzene rings is 2. The zero-order chi connectivity index (χ0) is 22.0. The summed E-state index contributed by atoms with van der Waals surface area (Å²) in [7, 11) is 0. The number of halogens is 3. The van der Waals surface area contributed by atoms with Crippen LogP contribution in [0.4, 0.5) is 23.7 Å². The van der Waals surface area contributed by atoms with Gasteiger partial charge in [-0.15, -0.1) is 0 Å². The number of piperazine rings is 1. The Balaban J connectivity index is 1.33. The quantitative estimate of drug-likeness (QED) is 0.739. The van der Waals surface area contributed by atoms with Crippen molar-refractivity contribution in [3.8, 4) is 0 Å². The van der Waals surface area contributed by atoms with Crippen LogP contribution in [0.1, 0.15) is 11.1 Å². The molecule has 31 heavy (non-hydrogen) atoms. The van der Waals surface area contributed by atoms with Crippen molar-refractivity contribution in [3.05, 3.63) is 65.7 Å². The Morgan fingerprint density at radius 3 is 2.32 bits per heavy atom. The van der Waals surface area contributed by atoms with Gasteiger partial charge in [0, 0.05) is 38.3 Å². The van der Waals surface area contributed by atoms with E-state index in [1.807, 2.05) is 40.1 Å². The van der Waals surface area contributed by atoms with Crippen molar-refractivity contribution in [2.24, 2.45) is 0 Å². The van der Waals surface area contributed by atoms with Crippen LogP contribution in [-0.2, 0) is 17.4 Å². The second kappa shape index (κ2) is 8.58. The zero-order valence-corrected chi connectivity index (χ0v) is 16.8. The first-order chi connectivity index (χ1) is 14.8. The van der Waals surface area contributed by atoms with Gasteiger partial charge in [-0.1, -0.05) is 36.4 Å². The van der Waals surface area contributed by atoms with Gasteiger partial charge in [0.15, 0.2) is 0 Å². The summed E-state index contributed by atoms with van der Waals surface area (Å²) in [5, 5.41) is 2.74. The highest BCUT2D eigenvalue weighted by atomic mass is 19.4. The summed E-state index contributed by atoms with van der Waals surface area (Å²) in [6, 6.07) is 13.8. The SMILES string of the molecule is O=C1N[C@H](Cc2ccccc2)C(=O)N1CN1CCN(c2cccc(C(F)(F)F)c2)CC1. The van der Waals surface area contributed by atoms with Gasteiger partial charge in [-0.2, -0.15) is 13.2 Å². The van der Waals surface area contributed by atoms with E-state index in [0.29, 0.717) is 38.3 Å². The first-order valence-corrected chi connectivity index (χ1v) is 10.1. The van der Waals surface area contributed by atoms with E-state index < -0.39 is 23.8 Å². The van der Waals surface area contributed by atoms with Crippen LogP contribution in [0, 0.1) is 0 Å². The molecule has 0 bridgehead atoms. The van der Waals surface area contributed by atoms with Crippen LogP contribution in [0.5, 0.6) is 0 Å². The molecule has 6 nitrogen and oxygen atoms in total. The van der Waals surface area contributed by atoms with Crippen molar-refractivity contribution in [2.45, 2.75) is 18.6 Å². The molecule has 1 atom stereocenters. The standard InChI is InChI=1S/C22H23F3N4O2/c23-22(24,25)17-7-4-8-18(14-17)28-11-9-27(10-12-28)15-29-20(30)19(26-21(29)31)13-16-5-2-1-3-6-16/h1-8,14,19H,9-13,15H2,(H,26,31)/t19-/m1/s1. The lowest BCUT2D eigenvalue weighted by atomic mass is 10.1. The number of amides is 3. The molecule has 2 aliphatic heterocycles. The van der Waals surface area contributed by atoms with E-state index >= 15 is 0 Å². The van der Waals surface area contributed by atoms with Gasteiger partial charge in [-0.3, -0.25) is 9.69 Å². The highest BCUT2D eigenvalue weighted by Crippen LogP contribution is 2.31. The summed E-state index contributed by atoms with van der Waals surface area (Å²) in [4.78, 5) is 30.1. The zero-order valence-electron chi connectivity index (χ0n) is 16.8. The summed E-state index contributed by atoms with van der Waals surface area (Å²) >= 11 is 0. The number of nitrogens with zero attached hydrogens (tertiary/aromatic N) is 3. The maximum Gasteiger partial charge on any atom is 0.416 e. The lowest BCUT2D eigenvalue weighted by molar-refractivity contribution is -0.137. The maximum atomic E-state index is 13.0. The topological polar surface area (TPSA) is 55.9 Å². The second-order valence-corrected chi connectivity index (χ2v) is 7.75. The van der Waals surface area contributed by atoms with Gasteiger partial charge in [0.1, 0.15) is 6.04 Å². The second-order valence-electron chi connectivity index (χ2n) is 7.75. The predicted octanol–water partition coefficient (Wildman–Crippen LogP) is 2.95. The molecular formula is C22H23F3N4O2. The van der Waals surface area contributed by atoms with E-state index in [-0.39, 0.29) is 12.6 Å². The van der Waals surface area contributed by atoms with Gasteiger partial charge >= 0.3 is 12.2 Å². The third-order valence-electron chi connectivity index (χ3n) is 5.64. The average molecular weight is 432 g/mol. The minimum Gasteiger partial charge on any atom is -0.369 e. The number of anilines is 1. The van der Waals surface area contributed by atoms with E-state index in [1.54, 1.807) is 6.07 Å². The fourth-order valence-corrected chi connectivity index (χ4v) is 3.93. The van der Waals surface area contributed by atoms with Crippen LogP contribution in [-0.4, -0.2) is 60.6 Å². The molecule has 9 heteroatoms. The van der Waals surface area contributed by atoms with Gasteiger partial charge in [0.25, 0.3) is 5.91 Å². The molecule has 0 aliphatic carbocycles. The van der Waals surface area contributed by atoms with Gasteiger partial charge in [0.05, 0.1) is 12.2 Å². The van der Waals surface area contributed by atoms with Gasteiger partial charge in [-0.05, 0) is 23.8 Å². The molecule has 4 rings (SSSR count). The van der Waals surface area contributed by atoms with Gasteiger partial charge < -0.3 is 10.2 Å². The fourth-order valence-electron chi connectivity index (χ4n) is 3.93. The van der Waals surface area contributed by atoms with Crippen LogP contribution in [0.2, 0.25) is 0 Å². The first kappa shape index (κ1) is 21.2. The molecule has 2 fully saturated rings. The smallest absolute Gasteiger partial charge is 0.369 e. The molecule has 2 aromatic carbocycles. The van der Waals surface area contributed by atoms with Crippen molar-refractivity contribution < 1.29 is 22.8 Å². The number of carbonyl (C=O) groups excluding carboxylic acids is 2. The minimum atomic E-state index is -4.38. The Morgan fingerprint density at radius 1 is 0.935 bits per heavy atom. The van der Waals surface area contributed by atoms with E-state index in [1.165, 1.54) is 11.0 Å². The number of rotatable bonds is 5. The number of alkyl halides is 3. The van der Waals surface area contributed by atoms with Crippen LogP contribution in [0.15, 0.2) is 54.6 Å². The molecule has 0 saturated carbocycles. The monoisotopic (exact) mass is 432 g/mol. The maximum absolute atomic E-state index is 13.0. The van der Waals surface area contributed by atoms with Crippen molar-refractivity contribution in [1.82, 2.24) is 15.1 Å². The lowest BCUT2D eigenvalue weighted by Gasteiger charge is -2.37. The highest BCUT2D eigenvalue weighted by Gasteiger charge is 2.39. The Labute approximate surface area is 178 Å². The normalized spacial score (nSPS) is 20.3. The molecule has 0 radical (unpaired) electrons. The van der Waals surface area contributed by atoms with Crippen LogP contribution in [0.25, 0.3) is 0 Å². The number of hydrogen-bond acceptors (Lipinski definition) is 4. The number of hydrogen-bond donors (Lipinski definition) is 1. The molecule has 0 spiro atoms. The summed E-state index contributed by atoms with van der Waals surface area (Å²) in [6.45, 7) is 2.27. The van der Waals surface area contributed by atoms with Gasteiger partial charge in [0.2, 0.25) is 0 Å². The molecule has 0 aromatic heterocycles. The minimum absolute atomic E-state index is 0.173. The molecule has 2 heterocycles. The predicted molar refractivity (Wildman–Crippen MR) is 109 cm³/mol. The van der Waals surface area contributed by atoms with E-state index in [4.69, 9.17) is 0 Å². The molecule has 2 aliphatic rings. The van der Waals surface area contributed by atoms with E-state index in [0.717, 1.165) is 17.7 Å². The average Bonchev–Trinajstić information content (AvgIpc) is 3.02. The third kappa shape index (κ3) is 4.82. The van der Waals surface area contributed by atoms with Crippen molar-refractivity contribution in [3.63, 3.8) is 0 Å². The molecule has 0 unspecified atom stereocenters. The van der Waals surface area contributed by atoms with Gasteiger partial charge in [-0.25, -0.2) is 9.69 Å². The van der Waals surface area contributed by atoms with Crippen molar-refractivity contribution in [1.29, 1.82) is 0 Å². The van der Waals surface area contributed by atoms with Crippen LogP contribution >= 0.6 is 0 Å². The summed E-state index contributed by atoms with van der Waals surface area (Å²) < 4.78 is 38.9. The van der Waals surface area contributed by atoms with Crippen LogP contribution in [0.3, 0.4) is 0 Å². The number of nitrogens with one attached hydrogen (secondary N) is 1. The molecule has 3 amide bonds. The summed E-state index contributed by atoms with van der Waals surface area (Å²) in [5.74, 6) is -0.255. The third-order valence-corrected chi connectivity index (χ3v) is 5.64.